The van der Waals surface area contributed by atoms with Crippen LogP contribution in [-0.2, 0) is 6.42 Å². The molecule has 3 nitrogen and oxygen atoms in total. The Morgan fingerprint density at radius 1 is 1.42 bits per heavy atom. The first kappa shape index (κ1) is 14.7. The maximum atomic E-state index is 13.8. The molecule has 1 saturated heterocycles. The van der Waals surface area contributed by atoms with Gasteiger partial charge >= 0.3 is 0 Å². The van der Waals surface area contributed by atoms with Gasteiger partial charge in [-0.05, 0) is 38.2 Å². The molecule has 1 aliphatic rings. The van der Waals surface area contributed by atoms with Gasteiger partial charge in [0.15, 0.2) is 0 Å². The van der Waals surface area contributed by atoms with Crippen molar-refractivity contribution in [3.8, 4) is 0 Å². The lowest BCUT2D eigenvalue weighted by molar-refractivity contribution is 0.0971. The SMILES string of the molecule is CN1CCN(C)C(C(N)Cc2ccc(Cl)cc2F)C1. The van der Waals surface area contributed by atoms with Crippen molar-refractivity contribution < 1.29 is 4.39 Å². The first-order chi connectivity index (χ1) is 8.97. The molecule has 106 valence electrons. The van der Waals surface area contributed by atoms with Crippen LogP contribution >= 0.6 is 11.6 Å². The van der Waals surface area contributed by atoms with Gasteiger partial charge in [-0.2, -0.15) is 0 Å². The summed E-state index contributed by atoms with van der Waals surface area (Å²) in [6.45, 7) is 2.97. The van der Waals surface area contributed by atoms with Gasteiger partial charge < -0.3 is 10.6 Å². The molecule has 5 heteroatoms. The molecule has 1 fully saturated rings. The van der Waals surface area contributed by atoms with Crippen LogP contribution in [-0.4, -0.2) is 55.6 Å². The molecule has 0 bridgehead atoms. The Morgan fingerprint density at radius 2 is 2.16 bits per heavy atom. The molecule has 0 radical (unpaired) electrons. The summed E-state index contributed by atoms with van der Waals surface area (Å²) < 4.78 is 13.8. The van der Waals surface area contributed by atoms with E-state index in [1.807, 2.05) is 0 Å². The number of piperazine rings is 1. The van der Waals surface area contributed by atoms with Crippen LogP contribution in [0.25, 0.3) is 0 Å². The molecule has 1 aromatic carbocycles. The second kappa shape index (κ2) is 6.18. The van der Waals surface area contributed by atoms with Crippen LogP contribution in [0, 0.1) is 5.82 Å². The van der Waals surface area contributed by atoms with E-state index < -0.39 is 0 Å². The summed E-state index contributed by atoms with van der Waals surface area (Å²) in [4.78, 5) is 4.53. The summed E-state index contributed by atoms with van der Waals surface area (Å²) in [5, 5.41) is 0.421. The number of halogens is 2. The summed E-state index contributed by atoms with van der Waals surface area (Å²) in [5.74, 6) is -0.269. The molecule has 2 atom stereocenters. The summed E-state index contributed by atoms with van der Waals surface area (Å²) in [6.07, 6.45) is 0.534. The molecular weight excluding hydrogens is 265 g/mol. The van der Waals surface area contributed by atoms with Crippen molar-refractivity contribution in [1.82, 2.24) is 9.80 Å². The minimum atomic E-state index is -0.269. The van der Waals surface area contributed by atoms with E-state index in [9.17, 15) is 4.39 Å². The first-order valence-corrected chi connectivity index (χ1v) is 6.93. The minimum absolute atomic E-state index is 0.0802. The van der Waals surface area contributed by atoms with Crippen molar-refractivity contribution in [2.24, 2.45) is 5.73 Å². The molecule has 0 spiro atoms. The number of nitrogens with zero attached hydrogens (tertiary/aromatic N) is 2. The fraction of sp³-hybridized carbons (Fsp3) is 0.571. The Kier molecular flexibility index (Phi) is 4.79. The van der Waals surface area contributed by atoms with Crippen molar-refractivity contribution >= 4 is 11.6 Å². The van der Waals surface area contributed by atoms with E-state index in [0.717, 1.165) is 19.6 Å². The van der Waals surface area contributed by atoms with Gasteiger partial charge in [0.25, 0.3) is 0 Å². The van der Waals surface area contributed by atoms with Gasteiger partial charge in [0.1, 0.15) is 5.82 Å². The number of likely N-dealkylation sites (N-methyl/N-ethyl adjacent to an activating group) is 2. The monoisotopic (exact) mass is 285 g/mol. The highest BCUT2D eigenvalue weighted by Crippen LogP contribution is 2.18. The Morgan fingerprint density at radius 3 is 2.84 bits per heavy atom. The molecule has 2 unspecified atom stereocenters. The second-order valence-corrected chi connectivity index (χ2v) is 5.85. The Bertz CT molecular complexity index is 441. The van der Waals surface area contributed by atoms with E-state index >= 15 is 0 Å². The van der Waals surface area contributed by atoms with E-state index in [4.69, 9.17) is 17.3 Å². The predicted octanol–water partition coefficient (Wildman–Crippen LogP) is 1.59. The zero-order valence-corrected chi connectivity index (χ0v) is 12.2. The largest absolute Gasteiger partial charge is 0.326 e. The molecule has 0 aliphatic carbocycles. The highest BCUT2D eigenvalue weighted by atomic mass is 35.5. The zero-order chi connectivity index (χ0) is 14.0. The van der Waals surface area contributed by atoms with Crippen molar-refractivity contribution in [2.75, 3.05) is 33.7 Å². The van der Waals surface area contributed by atoms with E-state index in [1.54, 1.807) is 12.1 Å². The highest BCUT2D eigenvalue weighted by Gasteiger charge is 2.28. The van der Waals surface area contributed by atoms with E-state index in [-0.39, 0.29) is 17.9 Å². The van der Waals surface area contributed by atoms with Crippen molar-refractivity contribution in [3.63, 3.8) is 0 Å². The van der Waals surface area contributed by atoms with Gasteiger partial charge in [-0.1, -0.05) is 17.7 Å². The average Bonchev–Trinajstić information content (AvgIpc) is 2.35. The standard InChI is InChI=1S/C14H21ClFN3/c1-18-5-6-19(2)14(9-18)13(17)7-10-3-4-11(15)8-12(10)16/h3-4,8,13-14H,5-7,9,17H2,1-2H3. The lowest BCUT2D eigenvalue weighted by Crippen LogP contribution is -2.58. The molecule has 2 N–H and O–H groups in total. The summed E-state index contributed by atoms with van der Waals surface area (Å²) in [7, 11) is 4.17. The van der Waals surface area contributed by atoms with E-state index in [2.05, 4.69) is 23.9 Å². The lowest BCUT2D eigenvalue weighted by Gasteiger charge is -2.40. The van der Waals surface area contributed by atoms with Gasteiger partial charge in [0, 0.05) is 36.7 Å². The van der Waals surface area contributed by atoms with Crippen LogP contribution in [0.15, 0.2) is 18.2 Å². The average molecular weight is 286 g/mol. The smallest absolute Gasteiger partial charge is 0.127 e. The third-order valence-corrected chi connectivity index (χ3v) is 4.10. The molecule has 0 amide bonds. The van der Waals surface area contributed by atoms with Crippen molar-refractivity contribution in [1.29, 1.82) is 0 Å². The molecule has 0 saturated carbocycles. The fourth-order valence-electron chi connectivity index (χ4n) is 2.58. The maximum Gasteiger partial charge on any atom is 0.127 e. The van der Waals surface area contributed by atoms with Gasteiger partial charge in [-0.15, -0.1) is 0 Å². The molecule has 1 heterocycles. The fourth-order valence-corrected chi connectivity index (χ4v) is 2.74. The molecule has 2 rings (SSSR count). The van der Waals surface area contributed by atoms with E-state index in [0.29, 0.717) is 17.0 Å². The normalized spacial score (nSPS) is 23.5. The third kappa shape index (κ3) is 3.66. The molecule has 1 aromatic rings. The van der Waals surface area contributed by atoms with Gasteiger partial charge in [-0.25, -0.2) is 4.39 Å². The van der Waals surface area contributed by atoms with Crippen LogP contribution < -0.4 is 5.73 Å². The second-order valence-electron chi connectivity index (χ2n) is 5.41. The zero-order valence-electron chi connectivity index (χ0n) is 11.4. The van der Waals surface area contributed by atoms with Crippen LogP contribution in [0.1, 0.15) is 5.56 Å². The number of hydrogen-bond acceptors (Lipinski definition) is 3. The summed E-state index contributed by atoms with van der Waals surface area (Å²) in [5.41, 5.74) is 6.91. The Hall–Kier alpha value is -0.680. The first-order valence-electron chi connectivity index (χ1n) is 6.55. The Labute approximate surface area is 119 Å². The topological polar surface area (TPSA) is 32.5 Å². The quantitative estimate of drug-likeness (QED) is 0.916. The van der Waals surface area contributed by atoms with Crippen LogP contribution in [0.4, 0.5) is 4.39 Å². The van der Waals surface area contributed by atoms with Crippen LogP contribution in [0.5, 0.6) is 0 Å². The summed E-state index contributed by atoms with van der Waals surface area (Å²) in [6, 6.07) is 4.96. The summed E-state index contributed by atoms with van der Waals surface area (Å²) >= 11 is 5.76. The number of benzene rings is 1. The lowest BCUT2D eigenvalue weighted by atomic mass is 9.97. The van der Waals surface area contributed by atoms with Crippen molar-refractivity contribution in [3.05, 3.63) is 34.6 Å². The highest BCUT2D eigenvalue weighted by molar-refractivity contribution is 6.30. The predicted molar refractivity (Wildman–Crippen MR) is 77.0 cm³/mol. The van der Waals surface area contributed by atoms with Gasteiger partial charge in [0.2, 0.25) is 0 Å². The Balaban J connectivity index is 2.05. The number of rotatable bonds is 3. The van der Waals surface area contributed by atoms with Gasteiger partial charge in [0.05, 0.1) is 0 Å². The number of hydrogen-bond donors (Lipinski definition) is 1. The van der Waals surface area contributed by atoms with Crippen molar-refractivity contribution in [2.45, 2.75) is 18.5 Å². The third-order valence-electron chi connectivity index (χ3n) is 3.86. The number of nitrogens with two attached hydrogens (primary N) is 1. The molecular formula is C14H21ClFN3. The van der Waals surface area contributed by atoms with Crippen LogP contribution in [0.2, 0.25) is 5.02 Å². The molecule has 1 aliphatic heterocycles. The van der Waals surface area contributed by atoms with Crippen LogP contribution in [0.3, 0.4) is 0 Å². The molecule has 0 aromatic heterocycles. The van der Waals surface area contributed by atoms with E-state index in [1.165, 1.54) is 6.07 Å². The maximum absolute atomic E-state index is 13.8. The van der Waals surface area contributed by atoms with Gasteiger partial charge in [-0.3, -0.25) is 4.90 Å². The minimum Gasteiger partial charge on any atom is -0.326 e. The molecule has 19 heavy (non-hydrogen) atoms.